The van der Waals surface area contributed by atoms with E-state index in [9.17, 15) is 4.79 Å². The number of pyridine rings is 1. The van der Waals surface area contributed by atoms with Crippen molar-refractivity contribution in [2.45, 2.75) is 45.6 Å². The van der Waals surface area contributed by atoms with Gasteiger partial charge in [-0.1, -0.05) is 37.5 Å². The van der Waals surface area contributed by atoms with Gasteiger partial charge in [0.15, 0.2) is 0 Å². The summed E-state index contributed by atoms with van der Waals surface area (Å²) in [5.74, 6) is 1.56. The van der Waals surface area contributed by atoms with Crippen molar-refractivity contribution >= 4 is 44.1 Å². The van der Waals surface area contributed by atoms with E-state index in [1.807, 2.05) is 32.3 Å². The molecule has 0 aliphatic heterocycles. The molecule has 1 aromatic carbocycles. The van der Waals surface area contributed by atoms with E-state index < -0.39 is 0 Å². The summed E-state index contributed by atoms with van der Waals surface area (Å²) < 4.78 is 0. The van der Waals surface area contributed by atoms with Gasteiger partial charge in [0.25, 0.3) is 5.91 Å². The molecule has 0 unspecified atom stereocenters. The average Bonchev–Trinajstić information content (AvgIpc) is 3.20. The highest BCUT2D eigenvalue weighted by atomic mass is 32.1. The fourth-order valence-electron chi connectivity index (χ4n) is 4.86. The number of fused-ring (bicyclic) bond motifs is 2. The number of hydrogen-bond donors (Lipinski definition) is 1. The molecule has 1 N–H and O–H groups in total. The molecule has 6 nitrogen and oxygen atoms in total. The molecule has 1 aliphatic carbocycles. The molecule has 0 saturated heterocycles. The van der Waals surface area contributed by atoms with Gasteiger partial charge in [-0.15, -0.1) is 11.3 Å². The first-order chi connectivity index (χ1) is 16.1. The lowest BCUT2D eigenvalue weighted by atomic mass is 9.89. The molecule has 5 rings (SSSR count). The highest BCUT2D eigenvalue weighted by molar-refractivity contribution is 7.20. The Labute approximate surface area is 198 Å². The molecule has 170 valence electrons. The molecule has 0 spiro atoms. The van der Waals surface area contributed by atoms with Crippen LogP contribution in [0.5, 0.6) is 0 Å². The molecule has 0 bridgehead atoms. The monoisotopic (exact) mass is 459 g/mol. The number of aromatic nitrogens is 3. The van der Waals surface area contributed by atoms with Crippen molar-refractivity contribution in [3.05, 3.63) is 59.0 Å². The van der Waals surface area contributed by atoms with Crippen molar-refractivity contribution in [1.29, 1.82) is 0 Å². The molecule has 33 heavy (non-hydrogen) atoms. The maximum absolute atomic E-state index is 13.4. The van der Waals surface area contributed by atoms with Crippen molar-refractivity contribution in [3.8, 4) is 0 Å². The van der Waals surface area contributed by atoms with E-state index in [2.05, 4.69) is 32.4 Å². The molecule has 1 saturated carbocycles. The SMILES string of the molecule is Cc1c(C(=O)N(C)Cc2cccc3ccncc23)sc2ncnc(NCC3CCCCC3)c12. The molecule has 1 amide bonds. The second-order valence-corrected chi connectivity index (χ2v) is 10.0. The maximum Gasteiger partial charge on any atom is 0.264 e. The van der Waals surface area contributed by atoms with E-state index in [1.54, 1.807) is 17.4 Å². The second-order valence-electron chi connectivity index (χ2n) is 9.02. The minimum Gasteiger partial charge on any atom is -0.369 e. The van der Waals surface area contributed by atoms with Gasteiger partial charge in [0.1, 0.15) is 17.0 Å². The van der Waals surface area contributed by atoms with Gasteiger partial charge >= 0.3 is 0 Å². The largest absolute Gasteiger partial charge is 0.369 e. The van der Waals surface area contributed by atoms with Gasteiger partial charge in [0.05, 0.1) is 10.3 Å². The molecule has 1 fully saturated rings. The smallest absolute Gasteiger partial charge is 0.264 e. The van der Waals surface area contributed by atoms with Gasteiger partial charge in [-0.2, -0.15) is 0 Å². The summed E-state index contributed by atoms with van der Waals surface area (Å²) in [6.45, 7) is 3.46. The fraction of sp³-hybridized carbons (Fsp3) is 0.385. The van der Waals surface area contributed by atoms with Crippen LogP contribution < -0.4 is 5.32 Å². The number of carbonyl (C=O) groups excluding carboxylic acids is 1. The Morgan fingerprint density at radius 1 is 1.18 bits per heavy atom. The Morgan fingerprint density at radius 3 is 2.88 bits per heavy atom. The number of aryl methyl sites for hydroxylation is 1. The Bertz CT molecular complexity index is 1290. The number of thiophene rings is 1. The zero-order valence-corrected chi connectivity index (χ0v) is 20.0. The lowest BCUT2D eigenvalue weighted by molar-refractivity contribution is 0.0790. The van der Waals surface area contributed by atoms with Gasteiger partial charge in [-0.3, -0.25) is 9.78 Å². The lowest BCUT2D eigenvalue weighted by Crippen LogP contribution is -2.26. The highest BCUT2D eigenvalue weighted by Gasteiger charge is 2.23. The van der Waals surface area contributed by atoms with Crippen molar-refractivity contribution in [3.63, 3.8) is 0 Å². The minimum atomic E-state index is 0.00891. The van der Waals surface area contributed by atoms with Crippen LogP contribution in [0.3, 0.4) is 0 Å². The number of anilines is 1. The van der Waals surface area contributed by atoms with Gasteiger partial charge in [0.2, 0.25) is 0 Å². The Balaban J connectivity index is 1.38. The third-order valence-electron chi connectivity index (χ3n) is 6.73. The Kier molecular flexibility index (Phi) is 6.22. The first-order valence-corrected chi connectivity index (χ1v) is 12.5. The normalized spacial score (nSPS) is 14.6. The third kappa shape index (κ3) is 4.42. The highest BCUT2D eigenvalue weighted by Crippen LogP contribution is 2.35. The topological polar surface area (TPSA) is 71.0 Å². The summed E-state index contributed by atoms with van der Waals surface area (Å²) in [4.78, 5) is 30.1. The standard InChI is InChI=1S/C26H29N5OS/c1-17-22-24(28-13-18-7-4-3-5-8-18)29-16-30-25(22)33-23(17)26(32)31(2)15-20-10-6-9-19-11-12-27-14-21(19)20/h6,9-12,14,16,18H,3-5,7-8,13,15H2,1-2H3,(H,28,29,30). The molecule has 3 heterocycles. The van der Waals surface area contributed by atoms with E-state index in [0.29, 0.717) is 12.5 Å². The summed E-state index contributed by atoms with van der Waals surface area (Å²) in [5, 5.41) is 6.75. The molecule has 3 aromatic heterocycles. The van der Waals surface area contributed by atoms with Crippen molar-refractivity contribution < 1.29 is 4.79 Å². The van der Waals surface area contributed by atoms with Gasteiger partial charge in [-0.25, -0.2) is 9.97 Å². The average molecular weight is 460 g/mol. The first-order valence-electron chi connectivity index (χ1n) is 11.7. The van der Waals surface area contributed by atoms with Crippen molar-refractivity contribution in [2.24, 2.45) is 5.92 Å². The van der Waals surface area contributed by atoms with Crippen LogP contribution >= 0.6 is 11.3 Å². The predicted octanol–water partition coefficient (Wildman–Crippen LogP) is 5.81. The Hall–Kier alpha value is -3.06. The molecule has 4 aromatic rings. The number of benzene rings is 1. The molecule has 0 radical (unpaired) electrons. The maximum atomic E-state index is 13.4. The molecule has 0 atom stereocenters. The van der Waals surface area contributed by atoms with Crippen LogP contribution in [-0.4, -0.2) is 39.4 Å². The molecular weight excluding hydrogens is 430 g/mol. The number of hydrogen-bond acceptors (Lipinski definition) is 6. The van der Waals surface area contributed by atoms with Crippen molar-refractivity contribution in [2.75, 3.05) is 18.9 Å². The second kappa shape index (κ2) is 9.43. The van der Waals surface area contributed by atoms with Crippen LogP contribution in [0.1, 0.15) is 52.9 Å². The summed E-state index contributed by atoms with van der Waals surface area (Å²) in [6, 6.07) is 8.15. The van der Waals surface area contributed by atoms with Crippen LogP contribution in [0.15, 0.2) is 43.0 Å². The van der Waals surface area contributed by atoms with Gasteiger partial charge in [-0.05, 0) is 48.3 Å². The van der Waals surface area contributed by atoms with E-state index >= 15 is 0 Å². The van der Waals surface area contributed by atoms with Crippen LogP contribution in [-0.2, 0) is 6.54 Å². The molecule has 7 heteroatoms. The van der Waals surface area contributed by atoms with Gasteiger partial charge < -0.3 is 10.2 Å². The number of rotatable bonds is 6. The zero-order valence-electron chi connectivity index (χ0n) is 19.2. The summed E-state index contributed by atoms with van der Waals surface area (Å²) in [5.41, 5.74) is 2.04. The molecular formula is C26H29N5OS. The zero-order chi connectivity index (χ0) is 22.8. The van der Waals surface area contributed by atoms with E-state index in [0.717, 1.165) is 49.4 Å². The summed E-state index contributed by atoms with van der Waals surface area (Å²) in [6.07, 6.45) is 11.8. The predicted molar refractivity (Wildman–Crippen MR) is 135 cm³/mol. The Morgan fingerprint density at radius 2 is 2.03 bits per heavy atom. The minimum absolute atomic E-state index is 0.00891. The van der Waals surface area contributed by atoms with Crippen molar-refractivity contribution in [1.82, 2.24) is 19.9 Å². The van der Waals surface area contributed by atoms with E-state index in [-0.39, 0.29) is 5.91 Å². The van der Waals surface area contributed by atoms with Crippen LogP contribution in [0.25, 0.3) is 21.0 Å². The summed E-state index contributed by atoms with van der Waals surface area (Å²) >= 11 is 1.46. The van der Waals surface area contributed by atoms with Crippen LogP contribution in [0, 0.1) is 12.8 Å². The number of nitrogens with zero attached hydrogens (tertiary/aromatic N) is 4. The van der Waals surface area contributed by atoms with E-state index in [4.69, 9.17) is 0 Å². The van der Waals surface area contributed by atoms with E-state index in [1.165, 1.54) is 43.4 Å². The quantitative estimate of drug-likeness (QED) is 0.394. The van der Waals surface area contributed by atoms with Crippen LogP contribution in [0.2, 0.25) is 0 Å². The number of nitrogens with one attached hydrogen (secondary N) is 1. The first kappa shape index (κ1) is 21.8. The molecule has 1 aliphatic rings. The van der Waals surface area contributed by atoms with Crippen LogP contribution in [0.4, 0.5) is 5.82 Å². The fourth-order valence-corrected chi connectivity index (χ4v) is 6.00. The lowest BCUT2D eigenvalue weighted by Gasteiger charge is -2.22. The van der Waals surface area contributed by atoms with Gasteiger partial charge in [0, 0.05) is 37.9 Å². The number of carbonyl (C=O) groups is 1. The number of amides is 1. The summed E-state index contributed by atoms with van der Waals surface area (Å²) in [7, 11) is 1.86. The third-order valence-corrected chi connectivity index (χ3v) is 7.92.